The number of piperazine rings is 1. The Labute approximate surface area is 152 Å². The largest absolute Gasteiger partial charge is 0.367 e. The Morgan fingerprint density at radius 2 is 1.76 bits per heavy atom. The molecule has 0 amide bonds. The topological polar surface area (TPSA) is 52.6 Å². The third kappa shape index (κ3) is 4.05. The van der Waals surface area contributed by atoms with Gasteiger partial charge >= 0.3 is 0 Å². The number of anilines is 2. The van der Waals surface area contributed by atoms with Crippen molar-refractivity contribution >= 4 is 33.0 Å². The van der Waals surface area contributed by atoms with Crippen molar-refractivity contribution in [2.24, 2.45) is 0 Å². The molecular formula is C17H19ClFN3O2S. The van der Waals surface area contributed by atoms with Gasteiger partial charge in [0.25, 0.3) is 10.0 Å². The van der Waals surface area contributed by atoms with E-state index in [9.17, 15) is 12.8 Å². The van der Waals surface area contributed by atoms with Crippen molar-refractivity contribution in [2.75, 3.05) is 42.8 Å². The van der Waals surface area contributed by atoms with Crippen LogP contribution in [0.25, 0.3) is 0 Å². The second-order valence-electron chi connectivity index (χ2n) is 5.99. The maximum atomic E-state index is 14.0. The van der Waals surface area contributed by atoms with Crippen LogP contribution >= 0.6 is 11.6 Å². The Balaban J connectivity index is 1.90. The minimum Gasteiger partial charge on any atom is -0.367 e. The zero-order valence-electron chi connectivity index (χ0n) is 13.7. The van der Waals surface area contributed by atoms with E-state index >= 15 is 0 Å². The molecule has 1 saturated heterocycles. The Hall–Kier alpha value is -1.83. The lowest BCUT2D eigenvalue weighted by molar-refractivity contribution is 0.313. The highest BCUT2D eigenvalue weighted by molar-refractivity contribution is 7.92. The smallest absolute Gasteiger partial charge is 0.264 e. The molecule has 8 heteroatoms. The lowest BCUT2D eigenvalue weighted by atomic mass is 10.2. The fourth-order valence-corrected chi connectivity index (χ4v) is 4.07. The molecule has 2 aromatic rings. The Bertz CT molecular complexity index is 868. The summed E-state index contributed by atoms with van der Waals surface area (Å²) in [5, 5.41) is 0.147. The Morgan fingerprint density at radius 3 is 2.44 bits per heavy atom. The summed E-state index contributed by atoms with van der Waals surface area (Å²) < 4.78 is 41.7. The number of hydrogen-bond donors (Lipinski definition) is 1. The molecule has 0 spiro atoms. The van der Waals surface area contributed by atoms with Gasteiger partial charge in [0, 0.05) is 31.2 Å². The third-order valence-corrected chi connectivity index (χ3v) is 5.81. The van der Waals surface area contributed by atoms with Gasteiger partial charge < -0.3 is 9.80 Å². The highest BCUT2D eigenvalue weighted by Crippen LogP contribution is 2.29. The highest BCUT2D eigenvalue weighted by Gasteiger charge is 2.23. The maximum Gasteiger partial charge on any atom is 0.264 e. The summed E-state index contributed by atoms with van der Waals surface area (Å²) in [6, 6.07) is 10.6. The van der Waals surface area contributed by atoms with Gasteiger partial charge in [0.15, 0.2) is 0 Å². The molecule has 0 atom stereocenters. The molecule has 0 aromatic heterocycles. The number of para-hydroxylation sites is 2. The number of sulfonamides is 1. The van der Waals surface area contributed by atoms with E-state index in [4.69, 9.17) is 11.6 Å². The van der Waals surface area contributed by atoms with E-state index in [1.165, 1.54) is 12.1 Å². The van der Waals surface area contributed by atoms with E-state index in [2.05, 4.69) is 21.6 Å². The van der Waals surface area contributed by atoms with Crippen molar-refractivity contribution in [3.05, 3.63) is 53.3 Å². The first-order chi connectivity index (χ1) is 11.9. The molecule has 5 nitrogen and oxygen atoms in total. The van der Waals surface area contributed by atoms with E-state index in [-0.39, 0.29) is 5.02 Å². The maximum absolute atomic E-state index is 14.0. The predicted octanol–water partition coefficient (Wildman–Crippen LogP) is 3.03. The van der Waals surface area contributed by atoms with Crippen molar-refractivity contribution in [1.82, 2.24) is 4.90 Å². The van der Waals surface area contributed by atoms with Crippen molar-refractivity contribution in [2.45, 2.75) is 4.90 Å². The standard InChI is InChI=1S/C17H19ClFN3O2S/c1-21-8-10-22(11-9-21)16-5-3-2-4-15(16)20-25(23,24)17-7-6-13(18)12-14(17)19/h2-7,12,20H,8-11H2,1H3. The first kappa shape index (κ1) is 18.0. The molecule has 0 bridgehead atoms. The van der Waals surface area contributed by atoms with E-state index in [1.54, 1.807) is 12.1 Å². The molecule has 1 aliphatic rings. The van der Waals surface area contributed by atoms with E-state index < -0.39 is 20.7 Å². The summed E-state index contributed by atoms with van der Waals surface area (Å²) >= 11 is 5.70. The van der Waals surface area contributed by atoms with E-state index in [1.807, 2.05) is 12.1 Å². The number of halogens is 2. The van der Waals surface area contributed by atoms with Gasteiger partial charge in [-0.3, -0.25) is 4.72 Å². The van der Waals surface area contributed by atoms with E-state index in [0.29, 0.717) is 5.69 Å². The van der Waals surface area contributed by atoms with Gasteiger partial charge in [-0.05, 0) is 37.4 Å². The molecule has 3 rings (SSSR count). The van der Waals surface area contributed by atoms with Crippen LogP contribution in [0.2, 0.25) is 5.02 Å². The average Bonchev–Trinajstić information content (AvgIpc) is 2.55. The number of benzene rings is 2. The first-order valence-electron chi connectivity index (χ1n) is 7.87. The van der Waals surface area contributed by atoms with Gasteiger partial charge in [0.05, 0.1) is 11.4 Å². The van der Waals surface area contributed by atoms with E-state index in [0.717, 1.165) is 37.9 Å². The van der Waals surface area contributed by atoms with Crippen LogP contribution in [-0.2, 0) is 10.0 Å². The summed E-state index contributed by atoms with van der Waals surface area (Å²) in [6.07, 6.45) is 0. The van der Waals surface area contributed by atoms with Crippen molar-refractivity contribution in [1.29, 1.82) is 0 Å². The second-order valence-corrected chi connectivity index (χ2v) is 8.07. The predicted molar refractivity (Wildman–Crippen MR) is 98.4 cm³/mol. The zero-order chi connectivity index (χ0) is 18.0. The number of nitrogens with one attached hydrogen (secondary N) is 1. The SMILES string of the molecule is CN1CCN(c2ccccc2NS(=O)(=O)c2ccc(Cl)cc2F)CC1. The molecular weight excluding hydrogens is 365 g/mol. The van der Waals surface area contributed by atoms with Gasteiger partial charge in [0.1, 0.15) is 10.7 Å². The average molecular weight is 384 g/mol. The van der Waals surface area contributed by atoms with Crippen LogP contribution in [0.1, 0.15) is 0 Å². The normalized spacial score (nSPS) is 16.0. The molecule has 0 unspecified atom stereocenters. The number of likely N-dealkylation sites (N-methyl/N-ethyl adjacent to an activating group) is 1. The van der Waals surface area contributed by atoms with Crippen molar-refractivity contribution in [3.8, 4) is 0 Å². The lowest BCUT2D eigenvalue weighted by Gasteiger charge is -2.35. The number of hydrogen-bond acceptors (Lipinski definition) is 4. The quantitative estimate of drug-likeness (QED) is 0.881. The molecule has 1 fully saturated rings. The lowest BCUT2D eigenvalue weighted by Crippen LogP contribution is -2.44. The fraction of sp³-hybridized carbons (Fsp3) is 0.294. The van der Waals surface area contributed by atoms with Gasteiger partial charge in [-0.15, -0.1) is 0 Å². The molecule has 0 radical (unpaired) electrons. The highest BCUT2D eigenvalue weighted by atomic mass is 35.5. The van der Waals surface area contributed by atoms with Crippen LogP contribution in [0.4, 0.5) is 15.8 Å². The molecule has 0 aliphatic carbocycles. The summed E-state index contributed by atoms with van der Waals surface area (Å²) in [4.78, 5) is 3.91. The van der Waals surface area contributed by atoms with Crippen LogP contribution in [0.3, 0.4) is 0 Å². The zero-order valence-corrected chi connectivity index (χ0v) is 15.3. The van der Waals surface area contributed by atoms with Gasteiger partial charge in [-0.2, -0.15) is 0 Å². The minimum absolute atomic E-state index is 0.147. The Morgan fingerprint density at radius 1 is 1.08 bits per heavy atom. The monoisotopic (exact) mass is 383 g/mol. The molecule has 0 saturated carbocycles. The molecule has 1 aliphatic heterocycles. The van der Waals surface area contributed by atoms with Gasteiger partial charge in [-0.25, -0.2) is 12.8 Å². The Kier molecular flexibility index (Phi) is 5.17. The van der Waals surface area contributed by atoms with Crippen molar-refractivity contribution < 1.29 is 12.8 Å². The second kappa shape index (κ2) is 7.19. The minimum atomic E-state index is -4.05. The van der Waals surface area contributed by atoms with Crippen LogP contribution in [0, 0.1) is 5.82 Å². The number of nitrogens with zero attached hydrogens (tertiary/aromatic N) is 2. The first-order valence-corrected chi connectivity index (χ1v) is 9.73. The fourth-order valence-electron chi connectivity index (χ4n) is 2.78. The van der Waals surface area contributed by atoms with Crippen molar-refractivity contribution in [3.63, 3.8) is 0 Å². The summed E-state index contributed by atoms with van der Waals surface area (Å²) in [5.74, 6) is -0.878. The van der Waals surface area contributed by atoms with Gasteiger partial charge in [0.2, 0.25) is 0 Å². The summed E-state index contributed by atoms with van der Waals surface area (Å²) in [5.41, 5.74) is 1.22. The molecule has 1 N–H and O–H groups in total. The number of rotatable bonds is 4. The van der Waals surface area contributed by atoms with Crippen LogP contribution in [0.5, 0.6) is 0 Å². The van der Waals surface area contributed by atoms with Crippen LogP contribution in [-0.4, -0.2) is 46.5 Å². The summed E-state index contributed by atoms with van der Waals surface area (Å²) in [6.45, 7) is 3.38. The van der Waals surface area contributed by atoms with Crippen LogP contribution in [0.15, 0.2) is 47.4 Å². The molecule has 134 valence electrons. The molecule has 1 heterocycles. The third-order valence-electron chi connectivity index (χ3n) is 4.18. The van der Waals surface area contributed by atoms with Gasteiger partial charge in [-0.1, -0.05) is 23.7 Å². The molecule has 2 aromatic carbocycles. The molecule has 25 heavy (non-hydrogen) atoms. The summed E-state index contributed by atoms with van der Waals surface area (Å²) in [7, 11) is -2.00. The van der Waals surface area contributed by atoms with Crippen LogP contribution < -0.4 is 9.62 Å².